The average molecular weight is 294 g/mol. The summed E-state index contributed by atoms with van der Waals surface area (Å²) in [6, 6.07) is 1.81. The SMILES string of the molecule is [B]c1cc(C(C)N(CC)[S+]([O-])C(C)(C)C)cnc1OC. The molecule has 1 heterocycles. The highest BCUT2D eigenvalue weighted by Crippen LogP contribution is 2.29. The van der Waals surface area contributed by atoms with Gasteiger partial charge in [0.15, 0.2) is 0 Å². The zero-order valence-corrected chi connectivity index (χ0v) is 14.0. The summed E-state index contributed by atoms with van der Waals surface area (Å²) in [6.45, 7) is 10.6. The first-order valence-electron chi connectivity index (χ1n) is 6.70. The fourth-order valence-electron chi connectivity index (χ4n) is 1.94. The predicted molar refractivity (Wildman–Crippen MR) is 84.9 cm³/mol. The lowest BCUT2D eigenvalue weighted by Crippen LogP contribution is -2.44. The third-order valence-corrected chi connectivity index (χ3v) is 5.10. The van der Waals surface area contributed by atoms with Crippen LogP contribution in [0.1, 0.15) is 46.2 Å². The summed E-state index contributed by atoms with van der Waals surface area (Å²) >= 11 is -1.09. The molecule has 2 radical (unpaired) electrons. The molecule has 1 aromatic rings. The molecule has 0 saturated carbocycles. The van der Waals surface area contributed by atoms with Gasteiger partial charge in [-0.25, -0.2) is 4.98 Å². The van der Waals surface area contributed by atoms with E-state index in [1.807, 2.05) is 45.0 Å². The van der Waals surface area contributed by atoms with Crippen molar-refractivity contribution in [3.8, 4) is 5.88 Å². The Morgan fingerprint density at radius 2 is 2.10 bits per heavy atom. The lowest BCUT2D eigenvalue weighted by atomic mass is 9.94. The molecular weight excluding hydrogens is 271 g/mol. The van der Waals surface area contributed by atoms with Crippen LogP contribution in [0.5, 0.6) is 5.88 Å². The molecule has 0 aliphatic rings. The fraction of sp³-hybridized carbons (Fsp3) is 0.643. The van der Waals surface area contributed by atoms with Crippen molar-refractivity contribution in [1.29, 1.82) is 0 Å². The summed E-state index contributed by atoms with van der Waals surface area (Å²) < 4.78 is 19.3. The second-order valence-corrected chi connectivity index (χ2v) is 7.83. The van der Waals surface area contributed by atoms with Crippen LogP contribution in [0.2, 0.25) is 0 Å². The van der Waals surface area contributed by atoms with Crippen molar-refractivity contribution >= 4 is 24.7 Å². The molecule has 4 nitrogen and oxygen atoms in total. The zero-order valence-electron chi connectivity index (χ0n) is 13.1. The minimum absolute atomic E-state index is 0.0271. The molecule has 0 aliphatic heterocycles. The van der Waals surface area contributed by atoms with E-state index < -0.39 is 11.4 Å². The van der Waals surface area contributed by atoms with Gasteiger partial charge in [0, 0.05) is 24.1 Å². The summed E-state index contributed by atoms with van der Waals surface area (Å²) in [7, 11) is 7.43. The first kappa shape index (κ1) is 17.3. The van der Waals surface area contributed by atoms with E-state index in [0.717, 1.165) is 5.56 Å². The molecule has 0 aliphatic carbocycles. The Labute approximate surface area is 126 Å². The Morgan fingerprint density at radius 1 is 1.50 bits per heavy atom. The van der Waals surface area contributed by atoms with Crippen LogP contribution in [0, 0.1) is 0 Å². The highest BCUT2D eigenvalue weighted by atomic mass is 32.2. The van der Waals surface area contributed by atoms with Crippen LogP contribution in [0.25, 0.3) is 0 Å². The molecule has 0 amide bonds. The van der Waals surface area contributed by atoms with Crippen molar-refractivity contribution in [3.63, 3.8) is 0 Å². The first-order valence-corrected chi connectivity index (χ1v) is 7.81. The van der Waals surface area contributed by atoms with Gasteiger partial charge in [-0.15, -0.1) is 4.31 Å². The maximum atomic E-state index is 12.6. The van der Waals surface area contributed by atoms with Gasteiger partial charge in [-0.05, 0) is 45.6 Å². The molecule has 2 atom stereocenters. The van der Waals surface area contributed by atoms with E-state index in [1.165, 1.54) is 7.11 Å². The summed E-state index contributed by atoms with van der Waals surface area (Å²) in [6.07, 6.45) is 1.72. The molecule has 0 fully saturated rings. The van der Waals surface area contributed by atoms with Crippen molar-refractivity contribution in [1.82, 2.24) is 9.29 Å². The van der Waals surface area contributed by atoms with E-state index in [0.29, 0.717) is 17.9 Å². The molecule has 20 heavy (non-hydrogen) atoms. The second-order valence-electron chi connectivity index (χ2n) is 5.64. The van der Waals surface area contributed by atoms with Crippen molar-refractivity contribution in [2.75, 3.05) is 13.7 Å². The van der Waals surface area contributed by atoms with Gasteiger partial charge >= 0.3 is 0 Å². The molecule has 0 N–H and O–H groups in total. The van der Waals surface area contributed by atoms with E-state index >= 15 is 0 Å². The Bertz CT molecular complexity index is 451. The Morgan fingerprint density at radius 3 is 2.50 bits per heavy atom. The van der Waals surface area contributed by atoms with Gasteiger partial charge in [-0.1, -0.05) is 6.07 Å². The molecule has 0 bridgehead atoms. The lowest BCUT2D eigenvalue weighted by Gasteiger charge is -2.35. The summed E-state index contributed by atoms with van der Waals surface area (Å²) in [5.74, 6) is 0.418. The van der Waals surface area contributed by atoms with E-state index in [2.05, 4.69) is 4.98 Å². The maximum Gasteiger partial charge on any atom is 0.205 e. The largest absolute Gasteiger partial charge is 0.597 e. The first-order chi connectivity index (χ1) is 9.22. The van der Waals surface area contributed by atoms with Crippen LogP contribution < -0.4 is 10.2 Å². The molecule has 0 spiro atoms. The average Bonchev–Trinajstić information content (AvgIpc) is 2.38. The molecule has 2 unspecified atom stereocenters. The maximum absolute atomic E-state index is 12.6. The van der Waals surface area contributed by atoms with Crippen LogP contribution >= 0.6 is 0 Å². The molecule has 0 aromatic carbocycles. The molecular formula is C14H23BN2O2S. The topological polar surface area (TPSA) is 48.4 Å². The van der Waals surface area contributed by atoms with Crippen molar-refractivity contribution in [3.05, 3.63) is 17.8 Å². The van der Waals surface area contributed by atoms with Gasteiger partial charge in [-0.3, -0.25) is 0 Å². The smallest absolute Gasteiger partial charge is 0.205 e. The fourth-order valence-corrected chi connectivity index (χ4v) is 3.29. The van der Waals surface area contributed by atoms with Crippen molar-refractivity contribution in [2.24, 2.45) is 0 Å². The summed E-state index contributed by atoms with van der Waals surface area (Å²) in [4.78, 5) is 4.18. The quantitative estimate of drug-likeness (QED) is 0.613. The summed E-state index contributed by atoms with van der Waals surface area (Å²) in [5, 5.41) is 0. The van der Waals surface area contributed by atoms with Crippen molar-refractivity contribution in [2.45, 2.75) is 45.4 Å². The number of nitrogens with zero attached hydrogens (tertiary/aromatic N) is 2. The highest BCUT2D eigenvalue weighted by molar-refractivity contribution is 7.90. The third-order valence-electron chi connectivity index (χ3n) is 3.06. The molecule has 0 saturated heterocycles. The van der Waals surface area contributed by atoms with Gasteiger partial charge in [-0.2, -0.15) is 0 Å². The van der Waals surface area contributed by atoms with E-state index in [-0.39, 0.29) is 10.8 Å². The van der Waals surface area contributed by atoms with Gasteiger partial charge < -0.3 is 9.29 Å². The molecule has 1 rings (SSSR count). The zero-order chi connectivity index (χ0) is 15.5. The monoisotopic (exact) mass is 294 g/mol. The number of ether oxygens (including phenoxy) is 1. The number of rotatable bonds is 5. The predicted octanol–water partition coefficient (Wildman–Crippen LogP) is 1.73. The highest BCUT2D eigenvalue weighted by Gasteiger charge is 2.35. The number of methoxy groups -OCH3 is 1. The van der Waals surface area contributed by atoms with Gasteiger partial charge in [0.2, 0.25) is 5.88 Å². The van der Waals surface area contributed by atoms with Gasteiger partial charge in [0.1, 0.15) is 12.6 Å². The van der Waals surface area contributed by atoms with Crippen LogP contribution in [-0.2, 0) is 11.4 Å². The Balaban J connectivity index is 3.02. The molecule has 6 heteroatoms. The minimum atomic E-state index is -1.09. The number of pyridine rings is 1. The third kappa shape index (κ3) is 3.90. The number of hydrogen-bond donors (Lipinski definition) is 0. The van der Waals surface area contributed by atoms with E-state index in [9.17, 15) is 4.55 Å². The van der Waals surface area contributed by atoms with Crippen LogP contribution in [0.3, 0.4) is 0 Å². The van der Waals surface area contributed by atoms with Crippen LogP contribution in [0.4, 0.5) is 0 Å². The minimum Gasteiger partial charge on any atom is -0.597 e. The lowest BCUT2D eigenvalue weighted by molar-refractivity contribution is 0.343. The van der Waals surface area contributed by atoms with Crippen LogP contribution in [-0.4, -0.2) is 40.1 Å². The number of aromatic nitrogens is 1. The molecule has 110 valence electrons. The number of hydrogen-bond acceptors (Lipinski definition) is 4. The standard InChI is InChI=1S/C14H23BN2O2S/c1-7-17(20(18)14(3,4)5)10(2)11-8-12(15)13(19-6)16-9-11/h8-10H,7H2,1-6H3. The molecule has 1 aromatic heterocycles. The summed E-state index contributed by atoms with van der Waals surface area (Å²) in [5.41, 5.74) is 1.43. The van der Waals surface area contributed by atoms with Gasteiger partial charge in [0.05, 0.1) is 13.2 Å². The Kier molecular flexibility index (Phi) is 5.92. The van der Waals surface area contributed by atoms with Crippen molar-refractivity contribution < 1.29 is 9.29 Å². The van der Waals surface area contributed by atoms with Gasteiger partial charge in [0.25, 0.3) is 0 Å². The van der Waals surface area contributed by atoms with Crippen LogP contribution in [0.15, 0.2) is 12.3 Å². The normalized spacial score (nSPS) is 15.2. The Hall–Kier alpha value is -0.715. The van der Waals surface area contributed by atoms with E-state index in [1.54, 1.807) is 6.20 Å². The van der Waals surface area contributed by atoms with E-state index in [4.69, 9.17) is 12.6 Å². The second kappa shape index (κ2) is 6.83.